The van der Waals surface area contributed by atoms with E-state index in [0.29, 0.717) is 29.9 Å². The Balaban J connectivity index is 1.96. The summed E-state index contributed by atoms with van der Waals surface area (Å²) in [5.74, 6) is 0.274. The molecule has 0 spiro atoms. The smallest absolute Gasteiger partial charge is 0.231 e. The van der Waals surface area contributed by atoms with Gasteiger partial charge >= 0.3 is 0 Å². The highest BCUT2D eigenvalue weighted by atomic mass is 79.9. The summed E-state index contributed by atoms with van der Waals surface area (Å²) in [7, 11) is 0. The number of nitrogens with one attached hydrogen (secondary N) is 1. The van der Waals surface area contributed by atoms with Crippen LogP contribution in [0.25, 0.3) is 0 Å². The maximum Gasteiger partial charge on any atom is 0.231 e. The summed E-state index contributed by atoms with van der Waals surface area (Å²) in [5.41, 5.74) is 9.01. The van der Waals surface area contributed by atoms with Crippen molar-refractivity contribution >= 4 is 27.7 Å². The molecule has 3 N–H and O–H groups in total. The van der Waals surface area contributed by atoms with Gasteiger partial charge in [0.2, 0.25) is 5.95 Å². The zero-order valence-corrected chi connectivity index (χ0v) is 15.3. The fourth-order valence-corrected chi connectivity index (χ4v) is 3.89. The van der Waals surface area contributed by atoms with Crippen LogP contribution >= 0.6 is 15.9 Å². The second kappa shape index (κ2) is 6.42. The number of aromatic amines is 1. The lowest BCUT2D eigenvalue weighted by Crippen LogP contribution is -2.39. The van der Waals surface area contributed by atoms with Crippen LogP contribution in [0.1, 0.15) is 30.7 Å². The van der Waals surface area contributed by atoms with E-state index in [-0.39, 0.29) is 11.6 Å². The predicted octanol–water partition coefficient (Wildman–Crippen LogP) is 2.87. The molecular weight excluding hydrogens is 396 g/mol. The predicted molar refractivity (Wildman–Crippen MR) is 98.5 cm³/mol. The van der Waals surface area contributed by atoms with Gasteiger partial charge in [-0.15, -0.1) is 0 Å². The third-order valence-corrected chi connectivity index (χ3v) is 5.26. The number of H-pyrrole nitrogens is 1. The Morgan fingerprint density at radius 3 is 2.73 bits per heavy atom. The van der Waals surface area contributed by atoms with Crippen molar-refractivity contribution in [2.24, 2.45) is 5.73 Å². The lowest BCUT2D eigenvalue weighted by atomic mass is 9.76. The number of carbonyl (C=O) groups is 1. The Labute approximate surface area is 158 Å². The van der Waals surface area contributed by atoms with Gasteiger partial charge in [-0.1, -0.05) is 28.1 Å². The van der Waals surface area contributed by atoms with Gasteiger partial charge in [-0.25, -0.2) is 5.10 Å². The van der Waals surface area contributed by atoms with Crippen LogP contribution in [0.3, 0.4) is 0 Å². The van der Waals surface area contributed by atoms with Gasteiger partial charge in [0.05, 0.1) is 17.6 Å². The molecule has 2 aromatic rings. The third-order valence-electron chi connectivity index (χ3n) is 4.73. The maximum atomic E-state index is 12.8. The molecule has 1 atom stereocenters. The lowest BCUT2D eigenvalue weighted by Gasteiger charge is -2.38. The number of ketones is 1. The molecule has 0 bridgehead atoms. The minimum Gasteiger partial charge on any atom is -0.384 e. The molecule has 0 amide bonds. The number of carbonyl (C=O) groups excluding carboxylic acids is 1. The van der Waals surface area contributed by atoms with Crippen molar-refractivity contribution < 1.29 is 4.79 Å². The number of benzene rings is 1. The van der Waals surface area contributed by atoms with Crippen LogP contribution in [-0.2, 0) is 4.79 Å². The molecule has 7 nitrogen and oxygen atoms in total. The van der Waals surface area contributed by atoms with E-state index in [1.807, 2.05) is 24.3 Å². The number of nitriles is 1. The Kier molecular flexibility index (Phi) is 4.09. The van der Waals surface area contributed by atoms with Crippen molar-refractivity contribution in [2.45, 2.75) is 25.2 Å². The normalized spacial score (nSPS) is 20.2. The Hall–Kier alpha value is -2.92. The van der Waals surface area contributed by atoms with E-state index in [4.69, 9.17) is 5.73 Å². The highest BCUT2D eigenvalue weighted by molar-refractivity contribution is 9.10. The average Bonchev–Trinajstić information content (AvgIpc) is 3.16. The number of nitrogens with zero attached hydrogens (tertiary/aromatic N) is 4. The SMILES string of the molecule is N#CC1=C(N)N(c2ncn[nH]2)C2=C(C(=O)CCC2)[C@H]1c1ccc(Br)cc1. The molecule has 2 aliphatic rings. The molecule has 0 radical (unpaired) electrons. The summed E-state index contributed by atoms with van der Waals surface area (Å²) in [6, 6.07) is 9.84. The molecule has 130 valence electrons. The lowest BCUT2D eigenvalue weighted by molar-refractivity contribution is -0.116. The van der Waals surface area contributed by atoms with Gasteiger partial charge < -0.3 is 5.73 Å². The van der Waals surface area contributed by atoms with Crippen LogP contribution in [0.2, 0.25) is 0 Å². The Morgan fingerprint density at radius 2 is 2.08 bits per heavy atom. The fourth-order valence-electron chi connectivity index (χ4n) is 3.62. The molecule has 0 fully saturated rings. The van der Waals surface area contributed by atoms with Crippen molar-refractivity contribution in [2.75, 3.05) is 4.90 Å². The number of anilines is 1. The summed E-state index contributed by atoms with van der Waals surface area (Å²) in [4.78, 5) is 18.7. The van der Waals surface area contributed by atoms with E-state index in [1.54, 1.807) is 4.90 Å². The molecule has 4 rings (SSSR count). The van der Waals surface area contributed by atoms with Crippen LogP contribution < -0.4 is 10.6 Å². The topological polar surface area (TPSA) is 112 Å². The van der Waals surface area contributed by atoms with Crippen LogP contribution in [-0.4, -0.2) is 21.0 Å². The van der Waals surface area contributed by atoms with Crippen molar-refractivity contribution in [3.05, 3.63) is 63.3 Å². The summed E-state index contributed by atoms with van der Waals surface area (Å²) in [6.07, 6.45) is 3.27. The van der Waals surface area contributed by atoms with Gasteiger partial charge in [0.1, 0.15) is 12.1 Å². The van der Waals surface area contributed by atoms with Crippen LogP contribution in [0, 0.1) is 11.3 Å². The molecule has 0 unspecified atom stereocenters. The molecule has 1 aliphatic carbocycles. The number of nitrogens with two attached hydrogens (primary N) is 1. The first-order chi connectivity index (χ1) is 12.6. The molecule has 1 aromatic carbocycles. The van der Waals surface area contributed by atoms with Gasteiger partial charge in [0.15, 0.2) is 5.78 Å². The molecular formula is C18H15BrN6O. The van der Waals surface area contributed by atoms with E-state index in [9.17, 15) is 10.1 Å². The molecule has 1 aliphatic heterocycles. The summed E-state index contributed by atoms with van der Waals surface area (Å²) >= 11 is 3.42. The summed E-state index contributed by atoms with van der Waals surface area (Å²) in [6.45, 7) is 0. The number of aromatic nitrogens is 3. The molecule has 26 heavy (non-hydrogen) atoms. The second-order valence-electron chi connectivity index (χ2n) is 6.18. The average molecular weight is 411 g/mol. The van der Waals surface area contributed by atoms with Crippen LogP contribution in [0.4, 0.5) is 5.95 Å². The number of halogens is 1. The summed E-state index contributed by atoms with van der Waals surface area (Å²) < 4.78 is 0.931. The molecule has 1 aromatic heterocycles. The van der Waals surface area contributed by atoms with Crippen molar-refractivity contribution in [3.63, 3.8) is 0 Å². The number of allylic oxidation sites excluding steroid dienone is 3. The molecule has 0 saturated heterocycles. The fraction of sp³-hybridized carbons (Fsp3) is 0.222. The first-order valence-corrected chi connectivity index (χ1v) is 8.98. The van der Waals surface area contributed by atoms with Gasteiger partial charge in [-0.3, -0.25) is 9.69 Å². The number of rotatable bonds is 2. The summed E-state index contributed by atoms with van der Waals surface area (Å²) in [5, 5.41) is 16.5. The van der Waals surface area contributed by atoms with Gasteiger partial charge in [-0.05, 0) is 30.5 Å². The Morgan fingerprint density at radius 1 is 1.31 bits per heavy atom. The quantitative estimate of drug-likeness (QED) is 0.786. The Bertz CT molecular complexity index is 968. The molecule has 2 heterocycles. The minimum absolute atomic E-state index is 0.0453. The number of hydrogen-bond donors (Lipinski definition) is 2. The molecule has 0 saturated carbocycles. The molecule has 8 heteroatoms. The van der Waals surface area contributed by atoms with Gasteiger partial charge in [-0.2, -0.15) is 15.3 Å². The second-order valence-corrected chi connectivity index (χ2v) is 7.09. The van der Waals surface area contributed by atoms with Gasteiger partial charge in [0.25, 0.3) is 0 Å². The first kappa shape index (κ1) is 16.5. The van der Waals surface area contributed by atoms with E-state index < -0.39 is 5.92 Å². The van der Waals surface area contributed by atoms with E-state index in [2.05, 4.69) is 37.2 Å². The van der Waals surface area contributed by atoms with Crippen molar-refractivity contribution in [1.29, 1.82) is 5.26 Å². The highest BCUT2D eigenvalue weighted by Gasteiger charge is 2.40. The van der Waals surface area contributed by atoms with E-state index in [1.165, 1.54) is 6.33 Å². The van der Waals surface area contributed by atoms with Gasteiger partial charge in [0, 0.05) is 22.2 Å². The van der Waals surface area contributed by atoms with Crippen LogP contribution in [0.15, 0.2) is 57.7 Å². The monoisotopic (exact) mass is 410 g/mol. The van der Waals surface area contributed by atoms with Crippen molar-refractivity contribution in [3.8, 4) is 6.07 Å². The van der Waals surface area contributed by atoms with Crippen LogP contribution in [0.5, 0.6) is 0 Å². The first-order valence-electron chi connectivity index (χ1n) is 8.18. The number of Topliss-reactive ketones (excluding diaryl/α,β-unsaturated/α-hetero) is 1. The zero-order chi connectivity index (χ0) is 18.3. The largest absolute Gasteiger partial charge is 0.384 e. The van der Waals surface area contributed by atoms with E-state index in [0.717, 1.165) is 22.2 Å². The standard InChI is InChI=1S/C18H15BrN6O/c19-11-6-4-10(5-7-11)15-12(8-20)17(21)25(18-22-9-23-24-18)13-2-1-3-14(26)16(13)15/h4-7,9,15H,1-3,21H2,(H,22,23,24)/t15-/m0/s1. The maximum absolute atomic E-state index is 12.8. The van der Waals surface area contributed by atoms with Crippen molar-refractivity contribution in [1.82, 2.24) is 15.2 Å². The number of hydrogen-bond acceptors (Lipinski definition) is 6. The zero-order valence-electron chi connectivity index (χ0n) is 13.7. The highest BCUT2D eigenvalue weighted by Crippen LogP contribution is 2.45. The van der Waals surface area contributed by atoms with E-state index >= 15 is 0 Å². The third kappa shape index (κ3) is 2.52. The minimum atomic E-state index is -0.463.